The average molecular weight is 346 g/mol. The topological polar surface area (TPSA) is 68.3 Å². The predicted octanol–water partition coefficient (Wildman–Crippen LogP) is 3.11. The van der Waals surface area contributed by atoms with Crippen LogP contribution in [-0.4, -0.2) is 20.5 Å². The van der Waals surface area contributed by atoms with Gasteiger partial charge >= 0.3 is 0 Å². The summed E-state index contributed by atoms with van der Waals surface area (Å²) in [6.07, 6.45) is 2.07. The van der Waals surface area contributed by atoms with Gasteiger partial charge in [-0.25, -0.2) is 22.2 Å². The summed E-state index contributed by atoms with van der Waals surface area (Å²) < 4.78 is 58.6. The fraction of sp³-hybridized carbons (Fsp3) is 0.308. The molecule has 0 bridgehead atoms. The van der Waals surface area contributed by atoms with Gasteiger partial charge in [0.15, 0.2) is 16.7 Å². The van der Waals surface area contributed by atoms with Crippen LogP contribution >= 0.6 is 11.3 Å². The third-order valence-corrected chi connectivity index (χ3v) is 5.49. The van der Waals surface area contributed by atoms with Crippen LogP contribution in [0.5, 0.6) is 5.75 Å². The highest BCUT2D eigenvalue weighted by Gasteiger charge is 2.28. The van der Waals surface area contributed by atoms with Crippen LogP contribution in [0.15, 0.2) is 22.4 Å². The summed E-state index contributed by atoms with van der Waals surface area (Å²) in [7, 11) is -3.09. The molecule has 0 aliphatic heterocycles. The molecule has 1 aromatic heterocycles. The molecule has 1 fully saturated rings. The SMILES string of the molecule is COc1cc(F)c(S(=O)(=O)Nc2nc(C3CC3)cs2)cc1F. The second-order valence-corrected chi connectivity index (χ2v) is 7.38. The Kier molecular flexibility index (Phi) is 3.77. The van der Waals surface area contributed by atoms with E-state index in [1.807, 2.05) is 0 Å². The van der Waals surface area contributed by atoms with Crippen molar-refractivity contribution in [1.82, 2.24) is 4.98 Å². The highest BCUT2D eigenvalue weighted by molar-refractivity contribution is 7.93. The first kappa shape index (κ1) is 15.2. The molecule has 1 saturated carbocycles. The number of ether oxygens (including phenoxy) is 1. The van der Waals surface area contributed by atoms with E-state index in [0.717, 1.165) is 29.9 Å². The Hall–Kier alpha value is -1.74. The van der Waals surface area contributed by atoms with E-state index in [2.05, 4.69) is 14.4 Å². The zero-order valence-electron chi connectivity index (χ0n) is 11.5. The summed E-state index contributed by atoms with van der Waals surface area (Å²) in [5, 5.41) is 1.90. The smallest absolute Gasteiger partial charge is 0.266 e. The van der Waals surface area contributed by atoms with Crippen molar-refractivity contribution in [3.8, 4) is 5.75 Å². The summed E-state index contributed by atoms with van der Waals surface area (Å²) in [5.74, 6) is -2.03. The highest BCUT2D eigenvalue weighted by atomic mass is 32.2. The molecule has 22 heavy (non-hydrogen) atoms. The maximum absolute atomic E-state index is 13.9. The number of hydrogen-bond donors (Lipinski definition) is 1. The molecule has 0 spiro atoms. The van der Waals surface area contributed by atoms with Crippen LogP contribution in [0, 0.1) is 11.6 Å². The van der Waals surface area contributed by atoms with Gasteiger partial charge in [-0.15, -0.1) is 11.3 Å². The number of aromatic nitrogens is 1. The average Bonchev–Trinajstić information content (AvgIpc) is 3.21. The number of halogens is 2. The largest absolute Gasteiger partial charge is 0.494 e. The van der Waals surface area contributed by atoms with Crippen LogP contribution in [0.2, 0.25) is 0 Å². The van der Waals surface area contributed by atoms with Gasteiger partial charge in [0.05, 0.1) is 12.8 Å². The molecule has 118 valence electrons. The van der Waals surface area contributed by atoms with Crippen molar-refractivity contribution in [3.63, 3.8) is 0 Å². The van der Waals surface area contributed by atoms with Gasteiger partial charge in [0.1, 0.15) is 10.7 Å². The fourth-order valence-electron chi connectivity index (χ4n) is 1.94. The first-order chi connectivity index (χ1) is 10.4. The Morgan fingerprint density at radius 3 is 2.68 bits per heavy atom. The number of methoxy groups -OCH3 is 1. The lowest BCUT2D eigenvalue weighted by Gasteiger charge is -2.08. The van der Waals surface area contributed by atoms with E-state index in [4.69, 9.17) is 0 Å². The molecule has 0 atom stereocenters. The van der Waals surface area contributed by atoms with E-state index in [0.29, 0.717) is 18.1 Å². The quantitative estimate of drug-likeness (QED) is 0.903. The van der Waals surface area contributed by atoms with Gasteiger partial charge < -0.3 is 4.74 Å². The molecule has 2 aromatic rings. The van der Waals surface area contributed by atoms with Crippen molar-refractivity contribution in [2.24, 2.45) is 0 Å². The van der Waals surface area contributed by atoms with Crippen LogP contribution in [-0.2, 0) is 10.0 Å². The van der Waals surface area contributed by atoms with E-state index in [1.54, 1.807) is 5.38 Å². The summed E-state index contributed by atoms with van der Waals surface area (Å²) in [6.45, 7) is 0. The Morgan fingerprint density at radius 1 is 1.32 bits per heavy atom. The van der Waals surface area contributed by atoms with Crippen LogP contribution in [0.25, 0.3) is 0 Å². The van der Waals surface area contributed by atoms with E-state index in [-0.39, 0.29) is 10.9 Å². The Bertz CT molecular complexity index is 817. The number of nitrogens with one attached hydrogen (secondary N) is 1. The molecule has 1 N–H and O–H groups in total. The van der Waals surface area contributed by atoms with Crippen LogP contribution in [0.4, 0.5) is 13.9 Å². The minimum Gasteiger partial charge on any atom is -0.494 e. The molecule has 0 radical (unpaired) electrons. The molecule has 5 nitrogen and oxygen atoms in total. The molecule has 0 saturated heterocycles. The molecule has 3 rings (SSSR count). The van der Waals surface area contributed by atoms with Crippen molar-refractivity contribution < 1.29 is 21.9 Å². The number of hydrogen-bond acceptors (Lipinski definition) is 5. The number of anilines is 1. The van der Waals surface area contributed by atoms with Gasteiger partial charge in [0.25, 0.3) is 10.0 Å². The number of rotatable bonds is 5. The monoisotopic (exact) mass is 346 g/mol. The summed E-state index contributed by atoms with van der Waals surface area (Å²) in [5.41, 5.74) is 0.823. The first-order valence-electron chi connectivity index (χ1n) is 6.42. The van der Waals surface area contributed by atoms with Crippen molar-refractivity contribution in [2.45, 2.75) is 23.7 Å². The molecule has 9 heteroatoms. The minimum absolute atomic E-state index is 0.137. The van der Waals surface area contributed by atoms with Gasteiger partial charge in [-0.3, -0.25) is 4.72 Å². The van der Waals surface area contributed by atoms with Crippen LogP contribution in [0.1, 0.15) is 24.5 Å². The lowest BCUT2D eigenvalue weighted by Crippen LogP contribution is -2.15. The fourth-order valence-corrected chi connectivity index (χ4v) is 4.06. The van der Waals surface area contributed by atoms with E-state index in [9.17, 15) is 17.2 Å². The Balaban J connectivity index is 1.90. The molecular formula is C13H12F2N2O3S2. The van der Waals surface area contributed by atoms with Gasteiger partial charge in [-0.05, 0) is 12.8 Å². The van der Waals surface area contributed by atoms with Crippen molar-refractivity contribution in [3.05, 3.63) is 34.8 Å². The van der Waals surface area contributed by atoms with Gasteiger partial charge in [0, 0.05) is 23.4 Å². The molecule has 1 aliphatic carbocycles. The summed E-state index contributed by atoms with van der Waals surface area (Å²) in [4.78, 5) is 3.37. The zero-order chi connectivity index (χ0) is 15.9. The molecule has 1 aromatic carbocycles. The number of thiazole rings is 1. The van der Waals surface area contributed by atoms with E-state index < -0.39 is 26.6 Å². The molecule has 1 aliphatic rings. The minimum atomic E-state index is -4.26. The maximum Gasteiger partial charge on any atom is 0.266 e. The van der Waals surface area contributed by atoms with Crippen molar-refractivity contribution in [1.29, 1.82) is 0 Å². The number of nitrogens with zero attached hydrogens (tertiary/aromatic N) is 1. The molecule has 1 heterocycles. The molecular weight excluding hydrogens is 334 g/mol. The van der Waals surface area contributed by atoms with Gasteiger partial charge in [-0.2, -0.15) is 0 Å². The standard InChI is InChI=1S/C13H12F2N2O3S2/c1-20-11-4-9(15)12(5-8(11)14)22(18,19)17-13-16-10(6-21-13)7-2-3-7/h4-7H,2-3H2,1H3,(H,16,17). The van der Waals surface area contributed by atoms with E-state index >= 15 is 0 Å². The van der Waals surface area contributed by atoms with Gasteiger partial charge in [0.2, 0.25) is 0 Å². The maximum atomic E-state index is 13.9. The molecule has 0 unspecified atom stereocenters. The molecule has 0 amide bonds. The summed E-state index contributed by atoms with van der Waals surface area (Å²) >= 11 is 1.11. The second-order valence-electron chi connectivity index (χ2n) is 4.87. The Labute approximate surface area is 130 Å². The number of benzene rings is 1. The first-order valence-corrected chi connectivity index (χ1v) is 8.78. The van der Waals surface area contributed by atoms with E-state index in [1.165, 1.54) is 7.11 Å². The third kappa shape index (κ3) is 2.91. The van der Waals surface area contributed by atoms with Crippen molar-refractivity contribution in [2.75, 3.05) is 11.8 Å². The van der Waals surface area contributed by atoms with Crippen molar-refractivity contribution >= 4 is 26.5 Å². The summed E-state index contributed by atoms with van der Waals surface area (Å²) in [6, 6.07) is 1.29. The lowest BCUT2D eigenvalue weighted by atomic mass is 10.3. The Morgan fingerprint density at radius 2 is 2.05 bits per heavy atom. The van der Waals surface area contributed by atoms with Gasteiger partial charge in [-0.1, -0.05) is 0 Å². The normalized spacial score (nSPS) is 14.9. The van der Waals surface area contributed by atoms with Crippen LogP contribution in [0.3, 0.4) is 0 Å². The zero-order valence-corrected chi connectivity index (χ0v) is 13.1. The number of sulfonamides is 1. The van der Waals surface area contributed by atoms with Crippen LogP contribution < -0.4 is 9.46 Å². The lowest BCUT2D eigenvalue weighted by molar-refractivity contribution is 0.380. The predicted molar refractivity (Wildman–Crippen MR) is 77.8 cm³/mol. The highest BCUT2D eigenvalue weighted by Crippen LogP contribution is 2.41. The second kappa shape index (κ2) is 5.47. The third-order valence-electron chi connectivity index (χ3n) is 3.24.